The van der Waals surface area contributed by atoms with Gasteiger partial charge in [-0.15, -0.1) is 16.8 Å². The van der Waals surface area contributed by atoms with Gasteiger partial charge < -0.3 is 9.73 Å². The lowest BCUT2D eigenvalue weighted by atomic mass is 10.1. The van der Waals surface area contributed by atoms with Crippen molar-refractivity contribution < 1.29 is 9.21 Å². The zero-order chi connectivity index (χ0) is 22.8. The highest BCUT2D eigenvalue weighted by atomic mass is 127. The van der Waals surface area contributed by atoms with E-state index in [-0.39, 0.29) is 11.7 Å². The fourth-order valence-electron chi connectivity index (χ4n) is 3.41. The molecule has 4 rings (SSSR count). The first-order valence-corrected chi connectivity index (χ1v) is 12.2. The van der Waals surface area contributed by atoms with Crippen LogP contribution < -0.4 is 5.32 Å². The second-order valence-corrected chi connectivity index (χ2v) is 9.87. The minimum atomic E-state index is -0.101. The molecule has 0 bridgehead atoms. The van der Waals surface area contributed by atoms with E-state index in [9.17, 15) is 4.79 Å². The van der Waals surface area contributed by atoms with Crippen molar-refractivity contribution >= 4 is 68.5 Å². The number of anilines is 1. The number of thioether (sulfide) groups is 1. The van der Waals surface area contributed by atoms with Crippen LogP contribution in [0.15, 0.2) is 58.6 Å². The number of furan rings is 1. The van der Waals surface area contributed by atoms with Gasteiger partial charge in [0, 0.05) is 26.2 Å². The molecule has 0 atom stereocenters. The smallest absolute Gasteiger partial charge is 0.234 e. The Bertz CT molecular complexity index is 1310. The van der Waals surface area contributed by atoms with Crippen LogP contribution in [-0.4, -0.2) is 26.4 Å². The molecule has 0 spiro atoms. The molecule has 0 unspecified atom stereocenters. The van der Waals surface area contributed by atoms with Gasteiger partial charge in [0.05, 0.1) is 5.75 Å². The van der Waals surface area contributed by atoms with Crippen LogP contribution in [0.5, 0.6) is 0 Å². The van der Waals surface area contributed by atoms with Gasteiger partial charge in [0.25, 0.3) is 0 Å². The highest BCUT2D eigenvalue weighted by Crippen LogP contribution is 2.31. The molecule has 0 fully saturated rings. The van der Waals surface area contributed by atoms with Gasteiger partial charge in [-0.3, -0.25) is 9.36 Å². The number of aromatic nitrogens is 3. The minimum Gasteiger partial charge on any atom is -0.453 e. The lowest BCUT2D eigenvalue weighted by molar-refractivity contribution is -0.113. The number of halogens is 2. The molecule has 32 heavy (non-hydrogen) atoms. The van der Waals surface area contributed by atoms with E-state index in [1.165, 1.54) is 11.8 Å². The molecule has 0 aliphatic rings. The molecule has 4 aromatic rings. The maximum atomic E-state index is 12.6. The number of nitrogens with zero attached hydrogens (tertiary/aromatic N) is 3. The largest absolute Gasteiger partial charge is 0.453 e. The van der Waals surface area contributed by atoms with Crippen LogP contribution in [-0.2, 0) is 11.3 Å². The van der Waals surface area contributed by atoms with Crippen LogP contribution in [0.1, 0.15) is 11.1 Å². The maximum Gasteiger partial charge on any atom is 0.234 e. The van der Waals surface area contributed by atoms with E-state index in [1.807, 2.05) is 48.7 Å². The molecule has 2 aromatic carbocycles. The van der Waals surface area contributed by atoms with E-state index < -0.39 is 0 Å². The Labute approximate surface area is 208 Å². The molecular weight excluding hydrogens is 559 g/mol. The summed E-state index contributed by atoms with van der Waals surface area (Å²) in [7, 11) is 0. The van der Waals surface area contributed by atoms with Gasteiger partial charge in [0.1, 0.15) is 5.58 Å². The van der Waals surface area contributed by atoms with Gasteiger partial charge in [-0.2, -0.15) is 0 Å². The first kappa shape index (κ1) is 22.9. The summed E-state index contributed by atoms with van der Waals surface area (Å²) in [5.74, 6) is 1.26. The summed E-state index contributed by atoms with van der Waals surface area (Å²) in [6.45, 7) is 8.30. The third kappa shape index (κ3) is 4.87. The Morgan fingerprint density at radius 3 is 2.72 bits per heavy atom. The lowest BCUT2D eigenvalue weighted by Gasteiger charge is -2.12. The summed E-state index contributed by atoms with van der Waals surface area (Å²) in [4.78, 5) is 12.6. The summed E-state index contributed by atoms with van der Waals surface area (Å²) in [6.07, 6.45) is 1.76. The van der Waals surface area contributed by atoms with Crippen molar-refractivity contribution in [2.75, 3.05) is 11.1 Å². The number of allylic oxidation sites excluding steroid dienone is 1. The molecule has 1 N–H and O–H groups in total. The SMILES string of the molecule is C=CCn1c(SCC(=O)Nc2c(C)cc(I)cc2C)nnc1-c1cc2cc(Cl)ccc2o1. The molecule has 0 saturated carbocycles. The Kier molecular flexibility index (Phi) is 6.92. The topological polar surface area (TPSA) is 73.0 Å². The number of fused-ring (bicyclic) bond motifs is 1. The van der Waals surface area contributed by atoms with E-state index in [0.717, 1.165) is 31.4 Å². The van der Waals surface area contributed by atoms with Crippen molar-refractivity contribution in [2.24, 2.45) is 0 Å². The molecule has 0 saturated heterocycles. The number of carbonyl (C=O) groups is 1. The van der Waals surface area contributed by atoms with Gasteiger partial charge in [-0.05, 0) is 84.0 Å². The summed E-state index contributed by atoms with van der Waals surface area (Å²) < 4.78 is 8.97. The third-order valence-electron chi connectivity index (χ3n) is 4.82. The van der Waals surface area contributed by atoms with Gasteiger partial charge in [0.15, 0.2) is 10.9 Å². The minimum absolute atomic E-state index is 0.101. The van der Waals surface area contributed by atoms with Crippen molar-refractivity contribution in [2.45, 2.75) is 25.5 Å². The average Bonchev–Trinajstić information content (AvgIpc) is 3.32. The molecule has 6 nitrogen and oxygen atoms in total. The predicted molar refractivity (Wildman–Crippen MR) is 138 cm³/mol. The first-order chi connectivity index (χ1) is 15.4. The lowest BCUT2D eigenvalue weighted by Crippen LogP contribution is -2.16. The van der Waals surface area contributed by atoms with Crippen molar-refractivity contribution in [3.05, 3.63) is 68.8 Å². The van der Waals surface area contributed by atoms with Crippen LogP contribution in [0.4, 0.5) is 5.69 Å². The van der Waals surface area contributed by atoms with Crippen LogP contribution in [0, 0.1) is 17.4 Å². The van der Waals surface area contributed by atoms with Crippen molar-refractivity contribution in [1.29, 1.82) is 0 Å². The first-order valence-electron chi connectivity index (χ1n) is 9.78. The molecule has 0 aliphatic heterocycles. The predicted octanol–water partition coefficient (Wildman–Crippen LogP) is 6.48. The number of nitrogens with one attached hydrogen (secondary N) is 1. The van der Waals surface area contributed by atoms with Gasteiger partial charge in [-0.1, -0.05) is 29.4 Å². The number of hydrogen-bond acceptors (Lipinski definition) is 5. The van der Waals surface area contributed by atoms with Crippen LogP contribution in [0.25, 0.3) is 22.6 Å². The van der Waals surface area contributed by atoms with Gasteiger partial charge >= 0.3 is 0 Å². The second-order valence-electron chi connectivity index (χ2n) is 7.25. The standard InChI is InChI=1S/C23H20ClIN4O2S/c1-4-7-29-22(19-11-15-10-16(24)5-6-18(15)31-19)27-28-23(29)32-12-20(30)26-21-13(2)8-17(25)9-14(21)3/h4-6,8-11H,1,7,12H2,2-3H3,(H,26,30). The van der Waals surface area contributed by atoms with Gasteiger partial charge in [-0.25, -0.2) is 0 Å². The van der Waals surface area contributed by atoms with Gasteiger partial charge in [0.2, 0.25) is 11.7 Å². The third-order valence-corrected chi connectivity index (χ3v) is 6.65. The Balaban J connectivity index is 1.53. The number of benzene rings is 2. The van der Waals surface area contributed by atoms with Crippen LogP contribution >= 0.6 is 46.0 Å². The second kappa shape index (κ2) is 9.68. The zero-order valence-corrected chi connectivity index (χ0v) is 21.2. The highest BCUT2D eigenvalue weighted by molar-refractivity contribution is 14.1. The Hall–Kier alpha value is -2.30. The molecule has 164 valence electrons. The van der Waals surface area contributed by atoms with E-state index in [1.54, 1.807) is 12.1 Å². The number of hydrogen-bond donors (Lipinski definition) is 1. The highest BCUT2D eigenvalue weighted by Gasteiger charge is 2.19. The van der Waals surface area contributed by atoms with Crippen molar-refractivity contribution in [3.8, 4) is 11.6 Å². The Morgan fingerprint density at radius 1 is 1.25 bits per heavy atom. The summed E-state index contributed by atoms with van der Waals surface area (Å²) in [5.41, 5.74) is 3.64. The van der Waals surface area contributed by atoms with Crippen molar-refractivity contribution in [1.82, 2.24) is 14.8 Å². The number of rotatable bonds is 7. The quantitative estimate of drug-likeness (QED) is 0.154. The van der Waals surface area contributed by atoms with E-state index in [0.29, 0.717) is 28.3 Å². The maximum absolute atomic E-state index is 12.6. The summed E-state index contributed by atoms with van der Waals surface area (Å²) >= 11 is 9.68. The monoisotopic (exact) mass is 578 g/mol. The van der Waals surface area contributed by atoms with Crippen LogP contribution in [0.2, 0.25) is 5.02 Å². The molecule has 2 aromatic heterocycles. The molecule has 2 heterocycles. The summed E-state index contributed by atoms with van der Waals surface area (Å²) in [6, 6.07) is 11.4. The Morgan fingerprint density at radius 2 is 2.00 bits per heavy atom. The molecule has 0 aliphatic carbocycles. The number of aryl methyl sites for hydroxylation is 2. The fraction of sp³-hybridized carbons (Fsp3) is 0.174. The molecular formula is C23H20ClIN4O2S. The average molecular weight is 579 g/mol. The normalized spacial score (nSPS) is 11.1. The fourth-order valence-corrected chi connectivity index (χ4v) is 5.27. The zero-order valence-electron chi connectivity index (χ0n) is 17.5. The molecule has 1 amide bonds. The number of amides is 1. The summed E-state index contributed by atoms with van der Waals surface area (Å²) in [5, 5.41) is 13.7. The van der Waals surface area contributed by atoms with E-state index >= 15 is 0 Å². The van der Waals surface area contributed by atoms with E-state index in [2.05, 4.69) is 44.7 Å². The molecule has 0 radical (unpaired) electrons. The number of carbonyl (C=O) groups excluding carboxylic acids is 1. The van der Waals surface area contributed by atoms with Crippen molar-refractivity contribution in [3.63, 3.8) is 0 Å². The van der Waals surface area contributed by atoms with Crippen LogP contribution in [0.3, 0.4) is 0 Å². The van der Waals surface area contributed by atoms with E-state index in [4.69, 9.17) is 16.0 Å². The molecule has 9 heteroatoms.